The Morgan fingerprint density at radius 2 is 1.50 bits per heavy atom. The van der Waals surface area contributed by atoms with Crippen LogP contribution in [0.3, 0.4) is 0 Å². The quantitative estimate of drug-likeness (QED) is 0.207. The zero-order chi connectivity index (χ0) is 26.9. The molecule has 1 aromatic heterocycles. The summed E-state index contributed by atoms with van der Waals surface area (Å²) in [5.41, 5.74) is 15.5. The van der Waals surface area contributed by atoms with Crippen LogP contribution < -0.4 is 22.1 Å². The Labute approximate surface area is 221 Å². The lowest BCUT2D eigenvalue weighted by molar-refractivity contribution is -0.129. The number of carbonyl (C=O) groups excluding carboxylic acids is 2. The normalized spacial score (nSPS) is 12.3. The molecule has 38 heavy (non-hydrogen) atoms. The molecule has 194 valence electrons. The first-order chi connectivity index (χ1) is 18.4. The molecule has 3 aromatic carbocycles. The van der Waals surface area contributed by atoms with Crippen molar-refractivity contribution in [2.45, 2.75) is 31.3 Å². The molecule has 1 heterocycles. The number of hydrogen-bond donors (Lipinski definition) is 5. The van der Waals surface area contributed by atoms with Gasteiger partial charge in [0.15, 0.2) is 0 Å². The average molecular weight is 510 g/mol. The molecule has 0 aliphatic rings. The third kappa shape index (κ3) is 7.10. The van der Waals surface area contributed by atoms with Gasteiger partial charge in [0.1, 0.15) is 17.6 Å². The number of aromatic hydroxyl groups is 1. The summed E-state index contributed by atoms with van der Waals surface area (Å²) in [5.74, 6) is -0.774. The molecule has 0 spiro atoms. The Bertz CT molecular complexity index is 1360. The maximum absolute atomic E-state index is 13.7. The molecule has 0 saturated heterocycles. The third-order valence-electron chi connectivity index (χ3n) is 6.27. The number of rotatable bonds is 10. The van der Waals surface area contributed by atoms with E-state index in [4.69, 9.17) is 11.5 Å². The van der Waals surface area contributed by atoms with Gasteiger partial charge in [0.05, 0.1) is 5.92 Å². The smallest absolute Gasteiger partial charge is 0.242 e. The second-order valence-corrected chi connectivity index (χ2v) is 9.08. The highest BCUT2D eigenvalue weighted by atomic mass is 16.3. The van der Waals surface area contributed by atoms with Gasteiger partial charge in [-0.05, 0) is 71.5 Å². The van der Waals surface area contributed by atoms with E-state index >= 15 is 0 Å². The van der Waals surface area contributed by atoms with Crippen molar-refractivity contribution in [3.8, 4) is 5.75 Å². The summed E-state index contributed by atoms with van der Waals surface area (Å²) in [6.45, 7) is 0.299. The van der Waals surface area contributed by atoms with E-state index in [9.17, 15) is 14.7 Å². The van der Waals surface area contributed by atoms with Gasteiger partial charge in [0, 0.05) is 18.4 Å². The number of pyridine rings is 1. The number of nitrogen functional groups attached to an aromatic ring is 2. The molecule has 7 N–H and O–H groups in total. The Morgan fingerprint density at radius 1 is 0.816 bits per heavy atom. The number of nitrogens with one attached hydrogen (secondary N) is 2. The first kappa shape index (κ1) is 26.2. The van der Waals surface area contributed by atoms with Crippen LogP contribution in [0.5, 0.6) is 5.75 Å². The van der Waals surface area contributed by atoms with E-state index < -0.39 is 12.0 Å². The van der Waals surface area contributed by atoms with E-state index in [0.717, 1.165) is 16.7 Å². The van der Waals surface area contributed by atoms with Crippen LogP contribution in [0.15, 0.2) is 97.2 Å². The van der Waals surface area contributed by atoms with Crippen molar-refractivity contribution in [1.82, 2.24) is 15.6 Å². The van der Waals surface area contributed by atoms with Gasteiger partial charge in [0.25, 0.3) is 0 Å². The monoisotopic (exact) mass is 509 g/mol. The minimum absolute atomic E-state index is 0.109. The predicted molar refractivity (Wildman–Crippen MR) is 148 cm³/mol. The fraction of sp³-hybridized carbons (Fsp3) is 0.167. The Morgan fingerprint density at radius 3 is 2.18 bits per heavy atom. The van der Waals surface area contributed by atoms with Gasteiger partial charge in [-0.1, -0.05) is 54.6 Å². The van der Waals surface area contributed by atoms with Gasteiger partial charge in [0.2, 0.25) is 11.8 Å². The molecule has 8 nitrogen and oxygen atoms in total. The zero-order valence-electron chi connectivity index (χ0n) is 20.9. The zero-order valence-corrected chi connectivity index (χ0v) is 20.9. The van der Waals surface area contributed by atoms with Crippen molar-refractivity contribution >= 4 is 23.3 Å². The van der Waals surface area contributed by atoms with Crippen LogP contribution in [0, 0.1) is 0 Å². The molecule has 0 aliphatic carbocycles. The van der Waals surface area contributed by atoms with Crippen LogP contribution in [0.1, 0.15) is 34.6 Å². The molecule has 0 radical (unpaired) electrons. The third-order valence-corrected chi connectivity index (χ3v) is 6.27. The first-order valence-corrected chi connectivity index (χ1v) is 12.4. The van der Waals surface area contributed by atoms with Crippen LogP contribution in [0.2, 0.25) is 0 Å². The largest absolute Gasteiger partial charge is 0.508 e. The second kappa shape index (κ2) is 12.4. The number of aromatic nitrogens is 1. The number of carbonyl (C=O) groups is 2. The summed E-state index contributed by atoms with van der Waals surface area (Å²) < 4.78 is 0. The average Bonchev–Trinajstić information content (AvgIpc) is 2.92. The van der Waals surface area contributed by atoms with E-state index in [1.807, 2.05) is 48.5 Å². The van der Waals surface area contributed by atoms with E-state index in [2.05, 4.69) is 15.6 Å². The lowest BCUT2D eigenvalue weighted by atomic mass is 9.90. The molecule has 4 rings (SSSR count). The Kier molecular flexibility index (Phi) is 8.56. The van der Waals surface area contributed by atoms with Gasteiger partial charge in [-0.25, -0.2) is 4.98 Å². The van der Waals surface area contributed by atoms with Crippen LogP contribution in [-0.2, 0) is 22.6 Å². The fourth-order valence-corrected chi connectivity index (χ4v) is 4.24. The highest BCUT2D eigenvalue weighted by Crippen LogP contribution is 2.27. The van der Waals surface area contributed by atoms with Crippen LogP contribution in [-0.4, -0.2) is 27.9 Å². The summed E-state index contributed by atoms with van der Waals surface area (Å²) in [6.07, 6.45) is 2.50. The van der Waals surface area contributed by atoms with E-state index in [1.54, 1.807) is 48.7 Å². The molecule has 0 fully saturated rings. The summed E-state index contributed by atoms with van der Waals surface area (Å²) in [4.78, 5) is 31.1. The second-order valence-electron chi connectivity index (χ2n) is 9.08. The number of aryl methyl sites for hydroxylation is 1. The van der Waals surface area contributed by atoms with Gasteiger partial charge < -0.3 is 27.2 Å². The molecule has 0 saturated carbocycles. The highest BCUT2D eigenvalue weighted by molar-refractivity contribution is 5.92. The van der Waals surface area contributed by atoms with Gasteiger partial charge >= 0.3 is 0 Å². The molecular weight excluding hydrogens is 478 g/mol. The lowest BCUT2D eigenvalue weighted by Gasteiger charge is -2.23. The number of phenolic OH excluding ortho intramolecular Hbond substituents is 1. The van der Waals surface area contributed by atoms with Crippen LogP contribution in [0.25, 0.3) is 0 Å². The predicted octanol–water partition coefficient (Wildman–Crippen LogP) is 3.52. The number of anilines is 2. The number of phenols is 1. The Balaban J connectivity index is 1.55. The molecular formula is C30H31N5O3. The maximum Gasteiger partial charge on any atom is 0.242 e. The number of benzene rings is 3. The maximum atomic E-state index is 13.7. The number of hydrogen-bond acceptors (Lipinski definition) is 6. The molecule has 0 aliphatic heterocycles. The standard InChI is InChI=1S/C30H31N5O3/c31-24-11-6-21(7-12-24)19-34-29(37)26(15-8-20-16-17-33-27(32)18-20)35-30(38)28(22-4-2-1-3-5-22)23-9-13-25(36)14-10-23/h1-7,9-14,16-18,26,28,36H,8,15,19,31H2,(H2,32,33)(H,34,37)(H,35,38). The molecule has 8 heteroatoms. The van der Waals surface area contributed by atoms with Crippen molar-refractivity contribution < 1.29 is 14.7 Å². The van der Waals surface area contributed by atoms with Crippen molar-refractivity contribution in [3.63, 3.8) is 0 Å². The van der Waals surface area contributed by atoms with Crippen molar-refractivity contribution in [3.05, 3.63) is 119 Å². The summed E-state index contributed by atoms with van der Waals surface area (Å²) in [6, 6.07) is 25.9. The first-order valence-electron chi connectivity index (χ1n) is 12.4. The van der Waals surface area contributed by atoms with Gasteiger partial charge in [-0.3, -0.25) is 9.59 Å². The van der Waals surface area contributed by atoms with Crippen LogP contribution >= 0.6 is 0 Å². The number of nitrogens with zero attached hydrogens (tertiary/aromatic N) is 1. The highest BCUT2D eigenvalue weighted by Gasteiger charge is 2.28. The van der Waals surface area contributed by atoms with Crippen molar-refractivity contribution in [1.29, 1.82) is 0 Å². The van der Waals surface area contributed by atoms with Gasteiger partial charge in [-0.15, -0.1) is 0 Å². The molecule has 2 atom stereocenters. The fourth-order valence-electron chi connectivity index (χ4n) is 4.24. The minimum Gasteiger partial charge on any atom is -0.508 e. The molecule has 2 amide bonds. The van der Waals surface area contributed by atoms with E-state index in [0.29, 0.717) is 36.5 Å². The van der Waals surface area contributed by atoms with E-state index in [1.165, 1.54) is 0 Å². The minimum atomic E-state index is -0.797. The summed E-state index contributed by atoms with van der Waals surface area (Å²) >= 11 is 0. The number of nitrogens with two attached hydrogens (primary N) is 2. The topological polar surface area (TPSA) is 143 Å². The van der Waals surface area contributed by atoms with E-state index in [-0.39, 0.29) is 17.6 Å². The molecule has 2 unspecified atom stereocenters. The van der Waals surface area contributed by atoms with Gasteiger partial charge in [-0.2, -0.15) is 0 Å². The van der Waals surface area contributed by atoms with Crippen molar-refractivity contribution in [2.75, 3.05) is 11.5 Å². The van der Waals surface area contributed by atoms with Crippen LogP contribution in [0.4, 0.5) is 11.5 Å². The molecule has 4 aromatic rings. The molecule has 0 bridgehead atoms. The Hall–Kier alpha value is -4.85. The van der Waals surface area contributed by atoms with Crippen molar-refractivity contribution in [2.24, 2.45) is 0 Å². The SMILES string of the molecule is Nc1ccc(CNC(=O)C(CCc2ccnc(N)c2)NC(=O)C(c2ccccc2)c2ccc(O)cc2)cc1. The summed E-state index contributed by atoms with van der Waals surface area (Å²) in [7, 11) is 0. The number of amides is 2. The lowest BCUT2D eigenvalue weighted by Crippen LogP contribution is -2.48. The summed E-state index contributed by atoms with van der Waals surface area (Å²) in [5, 5.41) is 15.7.